The van der Waals surface area contributed by atoms with Gasteiger partial charge in [0, 0.05) is 16.5 Å². The lowest BCUT2D eigenvalue weighted by Crippen LogP contribution is -1.93. The number of hydrogen-bond acceptors (Lipinski definition) is 0. The molecule has 1 aromatic heterocycles. The van der Waals surface area contributed by atoms with Gasteiger partial charge in [-0.3, -0.25) is 0 Å². The quantitative estimate of drug-likeness (QED) is 0.164. The Morgan fingerprint density at radius 1 is 0.280 bits per heavy atom. The topological polar surface area (TPSA) is 4.93 Å². The number of nitrogens with zero attached hydrogens (tertiary/aromatic N) is 1. The van der Waals surface area contributed by atoms with Crippen molar-refractivity contribution >= 4 is 21.8 Å². The highest BCUT2D eigenvalue weighted by atomic mass is 15.0. The molecule has 1 heteroatoms. The lowest BCUT2D eigenvalue weighted by atomic mass is 9.97. The van der Waals surface area contributed by atoms with Crippen LogP contribution in [0.1, 0.15) is 11.1 Å². The van der Waals surface area contributed by atoms with E-state index in [0.717, 1.165) is 6.42 Å². The molecule has 0 spiro atoms. The highest BCUT2D eigenvalue weighted by Crippen LogP contribution is 2.36. The van der Waals surface area contributed by atoms with E-state index >= 15 is 0 Å². The summed E-state index contributed by atoms with van der Waals surface area (Å²) in [7, 11) is 0. The van der Waals surface area contributed by atoms with Crippen molar-refractivity contribution in [1.29, 1.82) is 0 Å². The highest BCUT2D eigenvalue weighted by molar-refractivity contribution is 6.10. The van der Waals surface area contributed by atoms with E-state index in [2.05, 4.69) is 205 Å². The molecular weight excluding hydrogens is 603 g/mol. The average molecular weight is 638 g/mol. The van der Waals surface area contributed by atoms with Gasteiger partial charge in [-0.2, -0.15) is 0 Å². The molecule has 9 rings (SSSR count). The molecule has 0 amide bonds. The van der Waals surface area contributed by atoms with Crippen molar-refractivity contribution < 1.29 is 0 Å². The second-order valence-corrected chi connectivity index (χ2v) is 13.0. The molecule has 0 fully saturated rings. The zero-order chi connectivity index (χ0) is 33.3. The van der Waals surface area contributed by atoms with Crippen LogP contribution in [0, 0.1) is 0 Å². The minimum absolute atomic E-state index is 0.923. The van der Waals surface area contributed by atoms with Crippen LogP contribution in [0.2, 0.25) is 0 Å². The number of aromatic nitrogens is 1. The molecule has 50 heavy (non-hydrogen) atoms. The van der Waals surface area contributed by atoms with Crippen LogP contribution in [0.5, 0.6) is 0 Å². The maximum absolute atomic E-state index is 2.38. The predicted molar refractivity (Wildman–Crippen MR) is 212 cm³/mol. The Balaban J connectivity index is 0.955. The second kappa shape index (κ2) is 12.9. The van der Waals surface area contributed by atoms with Crippen LogP contribution in [0.15, 0.2) is 200 Å². The molecular formula is C49H35N. The SMILES string of the molecule is c1ccc(-c2ccc(Cc3ccc(-c4ccc(-c5ccc6c(c5)c5ccccc5n6-c5ccc(-c6ccccc6)cc5)cc4)cc3)cc2)cc1. The van der Waals surface area contributed by atoms with E-state index < -0.39 is 0 Å². The molecule has 1 nitrogen and oxygen atoms in total. The van der Waals surface area contributed by atoms with Crippen molar-refractivity contribution in [2.75, 3.05) is 0 Å². The van der Waals surface area contributed by atoms with Crippen molar-refractivity contribution in [2.24, 2.45) is 0 Å². The Morgan fingerprint density at radius 3 is 1.20 bits per heavy atom. The van der Waals surface area contributed by atoms with Crippen molar-refractivity contribution in [3.05, 3.63) is 211 Å². The normalized spacial score (nSPS) is 11.3. The first-order valence-electron chi connectivity index (χ1n) is 17.3. The van der Waals surface area contributed by atoms with E-state index in [0.29, 0.717) is 0 Å². The molecule has 9 aromatic rings. The van der Waals surface area contributed by atoms with Gasteiger partial charge in [-0.15, -0.1) is 0 Å². The van der Waals surface area contributed by atoms with Gasteiger partial charge >= 0.3 is 0 Å². The third-order valence-corrected chi connectivity index (χ3v) is 9.88. The zero-order valence-corrected chi connectivity index (χ0v) is 27.7. The van der Waals surface area contributed by atoms with Gasteiger partial charge in [0.25, 0.3) is 0 Å². The summed E-state index contributed by atoms with van der Waals surface area (Å²) in [6.07, 6.45) is 0.923. The van der Waals surface area contributed by atoms with Crippen LogP contribution in [0.3, 0.4) is 0 Å². The van der Waals surface area contributed by atoms with Crippen LogP contribution in [0.4, 0.5) is 0 Å². The number of fused-ring (bicyclic) bond motifs is 3. The summed E-state index contributed by atoms with van der Waals surface area (Å²) >= 11 is 0. The molecule has 0 unspecified atom stereocenters. The highest BCUT2D eigenvalue weighted by Gasteiger charge is 2.13. The summed E-state index contributed by atoms with van der Waals surface area (Å²) in [5.74, 6) is 0. The van der Waals surface area contributed by atoms with Crippen molar-refractivity contribution in [3.8, 4) is 50.2 Å². The first-order chi connectivity index (χ1) is 24.8. The van der Waals surface area contributed by atoms with E-state index in [1.807, 2.05) is 0 Å². The molecule has 236 valence electrons. The van der Waals surface area contributed by atoms with Crippen LogP contribution in [-0.4, -0.2) is 4.57 Å². The molecule has 0 aliphatic heterocycles. The molecule has 0 atom stereocenters. The maximum atomic E-state index is 2.38. The van der Waals surface area contributed by atoms with Crippen molar-refractivity contribution in [3.63, 3.8) is 0 Å². The predicted octanol–water partition coefficient (Wildman–Crippen LogP) is 13.0. The molecule has 0 radical (unpaired) electrons. The Morgan fingerprint density at radius 2 is 0.660 bits per heavy atom. The second-order valence-electron chi connectivity index (χ2n) is 13.0. The van der Waals surface area contributed by atoms with Crippen LogP contribution in [-0.2, 0) is 6.42 Å². The molecule has 0 aliphatic carbocycles. The minimum Gasteiger partial charge on any atom is -0.309 e. The molecule has 0 bridgehead atoms. The van der Waals surface area contributed by atoms with Gasteiger partial charge in [-0.25, -0.2) is 0 Å². The van der Waals surface area contributed by atoms with Gasteiger partial charge in [0.05, 0.1) is 11.0 Å². The van der Waals surface area contributed by atoms with Gasteiger partial charge in [-0.05, 0) is 92.4 Å². The molecule has 0 saturated heterocycles. The van der Waals surface area contributed by atoms with Crippen LogP contribution >= 0.6 is 0 Å². The fraction of sp³-hybridized carbons (Fsp3) is 0.0204. The molecule has 0 N–H and O–H groups in total. The van der Waals surface area contributed by atoms with Crippen molar-refractivity contribution in [2.45, 2.75) is 6.42 Å². The van der Waals surface area contributed by atoms with Gasteiger partial charge in [-0.1, -0.05) is 170 Å². The number of para-hydroxylation sites is 1. The van der Waals surface area contributed by atoms with Gasteiger partial charge in [0.1, 0.15) is 0 Å². The Labute approximate surface area is 293 Å². The molecule has 8 aromatic carbocycles. The molecule has 0 saturated carbocycles. The largest absolute Gasteiger partial charge is 0.309 e. The van der Waals surface area contributed by atoms with Crippen LogP contribution < -0.4 is 0 Å². The molecule has 0 aliphatic rings. The Kier molecular flexibility index (Phi) is 7.64. The first-order valence-corrected chi connectivity index (χ1v) is 17.3. The smallest absolute Gasteiger partial charge is 0.0541 e. The number of benzene rings is 8. The first kappa shape index (κ1) is 29.7. The summed E-state index contributed by atoms with van der Waals surface area (Å²) in [6.45, 7) is 0. The van der Waals surface area contributed by atoms with E-state index in [4.69, 9.17) is 0 Å². The molecule has 1 heterocycles. The minimum atomic E-state index is 0.923. The van der Waals surface area contributed by atoms with Crippen LogP contribution in [0.25, 0.3) is 72.0 Å². The third kappa shape index (κ3) is 5.70. The lowest BCUT2D eigenvalue weighted by Gasteiger charge is -2.10. The van der Waals surface area contributed by atoms with Gasteiger partial charge in [0.15, 0.2) is 0 Å². The fourth-order valence-corrected chi connectivity index (χ4v) is 7.22. The summed E-state index contributed by atoms with van der Waals surface area (Å²) in [4.78, 5) is 0. The summed E-state index contributed by atoms with van der Waals surface area (Å²) in [5.41, 5.74) is 16.1. The zero-order valence-electron chi connectivity index (χ0n) is 27.7. The summed E-state index contributed by atoms with van der Waals surface area (Å²) in [6, 6.07) is 72.6. The van der Waals surface area contributed by atoms with Gasteiger partial charge in [0.2, 0.25) is 0 Å². The van der Waals surface area contributed by atoms with Crippen molar-refractivity contribution in [1.82, 2.24) is 4.57 Å². The van der Waals surface area contributed by atoms with E-state index in [9.17, 15) is 0 Å². The third-order valence-electron chi connectivity index (χ3n) is 9.88. The van der Waals surface area contributed by atoms with Gasteiger partial charge < -0.3 is 4.57 Å². The standard InChI is InChI=1S/C49H35N/c1-3-9-37(10-4-1)39-19-15-35(16-20-39)33-36-17-21-40(22-18-36)41-23-25-43(26-24-41)44-29-32-49-47(34-44)46-13-7-8-14-48(46)50(49)45-30-27-42(28-31-45)38-11-5-2-6-12-38/h1-32,34H,33H2. The Bertz CT molecular complexity index is 2540. The fourth-order valence-electron chi connectivity index (χ4n) is 7.22. The lowest BCUT2D eigenvalue weighted by molar-refractivity contribution is 1.18. The number of hydrogen-bond donors (Lipinski definition) is 0. The Hall–Kier alpha value is -6.44. The van der Waals surface area contributed by atoms with E-state index in [1.54, 1.807) is 0 Å². The average Bonchev–Trinajstić information content (AvgIpc) is 3.53. The van der Waals surface area contributed by atoms with E-state index in [1.165, 1.54) is 83.1 Å². The summed E-state index contributed by atoms with van der Waals surface area (Å²) in [5, 5.41) is 2.53. The monoisotopic (exact) mass is 637 g/mol. The van der Waals surface area contributed by atoms with E-state index in [-0.39, 0.29) is 0 Å². The summed E-state index contributed by atoms with van der Waals surface area (Å²) < 4.78 is 2.38. The number of rotatable bonds is 7. The maximum Gasteiger partial charge on any atom is 0.0541 e.